The highest BCUT2D eigenvalue weighted by Crippen LogP contribution is 2.26. The van der Waals surface area contributed by atoms with Gasteiger partial charge in [-0.25, -0.2) is 13.1 Å². The van der Waals surface area contributed by atoms with E-state index < -0.39 is 10.0 Å². The summed E-state index contributed by atoms with van der Waals surface area (Å²) in [4.78, 5) is 0. The number of thiophene rings is 1. The number of halogens is 1. The number of para-hydroxylation sites is 1. The lowest BCUT2D eigenvalue weighted by atomic mass is 10.1. The van der Waals surface area contributed by atoms with Crippen LogP contribution in [-0.4, -0.2) is 21.1 Å². The molecule has 4 nitrogen and oxygen atoms in total. The first-order chi connectivity index (χ1) is 10.3. The number of rotatable bonds is 6. The first-order valence-corrected chi connectivity index (χ1v) is 9.85. The van der Waals surface area contributed by atoms with Crippen molar-refractivity contribution in [2.24, 2.45) is 0 Å². The van der Waals surface area contributed by atoms with E-state index in [2.05, 4.69) is 20.7 Å². The highest BCUT2D eigenvalue weighted by molar-refractivity contribution is 9.11. The van der Waals surface area contributed by atoms with E-state index in [0.717, 1.165) is 20.7 Å². The second-order valence-electron chi connectivity index (χ2n) is 5.11. The molecule has 0 saturated carbocycles. The molecule has 22 heavy (non-hydrogen) atoms. The number of hydrogen-bond donors (Lipinski definition) is 1. The Balaban J connectivity index is 2.00. The minimum Gasteiger partial charge on any atom is -0.491 e. The first kappa shape index (κ1) is 17.5. The van der Waals surface area contributed by atoms with Gasteiger partial charge in [-0.1, -0.05) is 18.2 Å². The molecule has 0 aliphatic carbocycles. The van der Waals surface area contributed by atoms with Gasteiger partial charge in [0.05, 0.1) is 9.83 Å². The van der Waals surface area contributed by atoms with Crippen molar-refractivity contribution in [3.05, 3.63) is 45.2 Å². The molecular formula is C15H18BrNO3S2. The maximum absolute atomic E-state index is 12.2. The van der Waals surface area contributed by atoms with Crippen LogP contribution in [0, 0.1) is 13.8 Å². The van der Waals surface area contributed by atoms with Crippen LogP contribution in [0.25, 0.3) is 0 Å². The average molecular weight is 404 g/mol. The van der Waals surface area contributed by atoms with E-state index >= 15 is 0 Å². The molecule has 0 spiro atoms. The maximum atomic E-state index is 12.2. The van der Waals surface area contributed by atoms with Crippen LogP contribution in [-0.2, 0) is 10.0 Å². The molecule has 0 radical (unpaired) electrons. The van der Waals surface area contributed by atoms with Crippen molar-refractivity contribution in [2.45, 2.75) is 31.0 Å². The van der Waals surface area contributed by atoms with E-state index in [1.807, 2.05) is 32.0 Å². The molecule has 0 aliphatic rings. The molecule has 1 aromatic carbocycles. The van der Waals surface area contributed by atoms with E-state index in [1.54, 1.807) is 19.1 Å². The van der Waals surface area contributed by atoms with Crippen LogP contribution in [0.5, 0.6) is 5.75 Å². The molecule has 0 aliphatic heterocycles. The molecule has 1 atom stereocenters. The fourth-order valence-corrected chi connectivity index (χ4v) is 5.29. The Kier molecular flexibility index (Phi) is 5.65. The molecule has 120 valence electrons. The standard InChI is InChI=1S/C15H18BrNO3S2/c1-10-5-4-6-11(2)15(10)20-9-12(3)17-22(18,19)14-8-7-13(16)21-14/h4-8,12,17H,9H2,1-3H3. The van der Waals surface area contributed by atoms with Gasteiger partial charge in [-0.05, 0) is 60.0 Å². The number of aryl methyl sites for hydroxylation is 2. The predicted molar refractivity (Wildman–Crippen MR) is 93.2 cm³/mol. The van der Waals surface area contributed by atoms with Crippen molar-refractivity contribution in [1.82, 2.24) is 4.72 Å². The van der Waals surface area contributed by atoms with E-state index in [0.29, 0.717) is 4.21 Å². The zero-order valence-electron chi connectivity index (χ0n) is 12.6. The normalized spacial score (nSPS) is 13.1. The lowest BCUT2D eigenvalue weighted by Gasteiger charge is -2.17. The lowest BCUT2D eigenvalue weighted by molar-refractivity contribution is 0.284. The minimum atomic E-state index is -3.50. The fourth-order valence-electron chi connectivity index (χ4n) is 2.03. The van der Waals surface area contributed by atoms with Crippen LogP contribution in [0.3, 0.4) is 0 Å². The monoisotopic (exact) mass is 403 g/mol. The SMILES string of the molecule is Cc1cccc(C)c1OCC(C)NS(=O)(=O)c1ccc(Br)s1. The van der Waals surface area contributed by atoms with Crippen LogP contribution in [0.15, 0.2) is 38.3 Å². The lowest BCUT2D eigenvalue weighted by Crippen LogP contribution is -2.36. The zero-order chi connectivity index (χ0) is 16.3. The summed E-state index contributed by atoms with van der Waals surface area (Å²) in [6.07, 6.45) is 0. The Morgan fingerprint density at radius 2 is 1.86 bits per heavy atom. The summed E-state index contributed by atoms with van der Waals surface area (Å²) in [7, 11) is -3.50. The van der Waals surface area contributed by atoms with Crippen LogP contribution >= 0.6 is 27.3 Å². The molecule has 2 aromatic rings. The Morgan fingerprint density at radius 1 is 1.23 bits per heavy atom. The molecule has 1 N–H and O–H groups in total. The molecule has 7 heteroatoms. The molecule has 0 bridgehead atoms. The summed E-state index contributed by atoms with van der Waals surface area (Å²) in [5, 5.41) is 0. The molecule has 1 aromatic heterocycles. The van der Waals surface area contributed by atoms with Crippen LogP contribution in [0.4, 0.5) is 0 Å². The summed E-state index contributed by atoms with van der Waals surface area (Å²) < 4.78 is 33.9. The van der Waals surface area contributed by atoms with Gasteiger partial charge >= 0.3 is 0 Å². The van der Waals surface area contributed by atoms with Crippen molar-refractivity contribution in [1.29, 1.82) is 0 Å². The molecule has 2 rings (SSSR count). The minimum absolute atomic E-state index is 0.275. The topological polar surface area (TPSA) is 55.4 Å². The van der Waals surface area contributed by atoms with Crippen LogP contribution < -0.4 is 9.46 Å². The largest absolute Gasteiger partial charge is 0.491 e. The van der Waals surface area contributed by atoms with Gasteiger partial charge in [-0.2, -0.15) is 0 Å². The Morgan fingerprint density at radius 3 is 2.41 bits per heavy atom. The molecule has 0 saturated heterocycles. The van der Waals surface area contributed by atoms with E-state index in [9.17, 15) is 8.42 Å². The zero-order valence-corrected chi connectivity index (χ0v) is 15.8. The number of hydrogen-bond acceptors (Lipinski definition) is 4. The van der Waals surface area contributed by atoms with Gasteiger partial charge < -0.3 is 4.74 Å². The third-order valence-corrected chi connectivity index (χ3v) is 6.76. The number of nitrogens with one attached hydrogen (secondary N) is 1. The second-order valence-corrected chi connectivity index (χ2v) is 9.52. The van der Waals surface area contributed by atoms with Gasteiger partial charge in [0, 0.05) is 0 Å². The molecule has 0 fully saturated rings. The van der Waals surface area contributed by atoms with Crippen molar-refractivity contribution < 1.29 is 13.2 Å². The summed E-state index contributed by atoms with van der Waals surface area (Å²) in [6.45, 7) is 6.01. The highest BCUT2D eigenvalue weighted by atomic mass is 79.9. The quantitative estimate of drug-likeness (QED) is 0.795. The summed E-state index contributed by atoms with van der Waals surface area (Å²) in [5.41, 5.74) is 2.08. The van der Waals surface area contributed by atoms with Crippen molar-refractivity contribution in [3.8, 4) is 5.75 Å². The molecule has 1 heterocycles. The Labute approximate surface area is 143 Å². The first-order valence-electron chi connectivity index (χ1n) is 6.76. The van der Waals surface area contributed by atoms with Gasteiger partial charge in [0.2, 0.25) is 10.0 Å². The van der Waals surface area contributed by atoms with Crippen molar-refractivity contribution >= 4 is 37.3 Å². The summed E-state index contributed by atoms with van der Waals surface area (Å²) >= 11 is 4.45. The Hall–Kier alpha value is -0.890. The number of sulfonamides is 1. The third kappa shape index (κ3) is 4.32. The van der Waals surface area contributed by atoms with Gasteiger partial charge in [-0.3, -0.25) is 0 Å². The van der Waals surface area contributed by atoms with Crippen molar-refractivity contribution in [2.75, 3.05) is 6.61 Å². The van der Waals surface area contributed by atoms with Crippen molar-refractivity contribution in [3.63, 3.8) is 0 Å². The third-order valence-electron chi connectivity index (χ3n) is 3.06. The predicted octanol–water partition coefficient (Wildman–Crippen LogP) is 3.87. The number of ether oxygens (including phenoxy) is 1. The smallest absolute Gasteiger partial charge is 0.250 e. The second kappa shape index (κ2) is 7.12. The van der Waals surface area contributed by atoms with Crippen LogP contribution in [0.1, 0.15) is 18.1 Å². The number of benzene rings is 1. The Bertz CT molecular complexity index is 736. The maximum Gasteiger partial charge on any atom is 0.250 e. The van der Waals surface area contributed by atoms with Gasteiger partial charge in [0.25, 0.3) is 0 Å². The van der Waals surface area contributed by atoms with Gasteiger partial charge in [0.15, 0.2) is 0 Å². The van der Waals surface area contributed by atoms with Crippen LogP contribution in [0.2, 0.25) is 0 Å². The molecule has 1 unspecified atom stereocenters. The van der Waals surface area contributed by atoms with Gasteiger partial charge in [-0.15, -0.1) is 11.3 Å². The van der Waals surface area contributed by atoms with E-state index in [1.165, 1.54) is 11.3 Å². The fraction of sp³-hybridized carbons (Fsp3) is 0.333. The average Bonchev–Trinajstić information content (AvgIpc) is 2.85. The van der Waals surface area contributed by atoms with Gasteiger partial charge in [0.1, 0.15) is 16.6 Å². The molecular weight excluding hydrogens is 386 g/mol. The van der Waals surface area contributed by atoms with E-state index in [-0.39, 0.29) is 12.6 Å². The van der Waals surface area contributed by atoms with E-state index in [4.69, 9.17) is 4.74 Å². The molecule has 0 amide bonds. The summed E-state index contributed by atoms with van der Waals surface area (Å²) in [5.74, 6) is 0.812. The highest BCUT2D eigenvalue weighted by Gasteiger charge is 2.20. The summed E-state index contributed by atoms with van der Waals surface area (Å²) in [6, 6.07) is 8.89.